The van der Waals surface area contributed by atoms with Gasteiger partial charge in [-0.15, -0.1) is 0 Å². The summed E-state index contributed by atoms with van der Waals surface area (Å²) in [6.45, 7) is 0. The van der Waals surface area contributed by atoms with E-state index < -0.39 is 10.9 Å². The molecule has 0 amide bonds. The molecule has 1 aliphatic carbocycles. The van der Waals surface area contributed by atoms with Crippen molar-refractivity contribution in [2.75, 3.05) is 0 Å². The molecule has 0 aromatic heterocycles. The molecule has 1 N–H and O–H groups in total. The summed E-state index contributed by atoms with van der Waals surface area (Å²) in [6.07, 6.45) is 2.09. The van der Waals surface area contributed by atoms with Crippen LogP contribution in [-0.4, -0.2) is 6.10 Å². The van der Waals surface area contributed by atoms with Crippen molar-refractivity contribution in [3.05, 3.63) is 0 Å². The number of hydrogen-bond donors (Lipinski definition) is 1. The van der Waals surface area contributed by atoms with Gasteiger partial charge in [-0.2, -0.15) is 0 Å². The molecule has 1 aliphatic rings. The average molecular weight is 120 g/mol. The highest BCUT2D eigenvalue weighted by Crippen LogP contribution is 2.23. The van der Waals surface area contributed by atoms with E-state index in [0.29, 0.717) is 0 Å². The molecule has 1 rings (SSSR count). The Labute approximate surface area is 43.9 Å². The SMILES string of the molecule is N=[S-](=O)OC1CC1. The summed E-state index contributed by atoms with van der Waals surface area (Å²) in [7, 11) is -1.78. The molecule has 0 saturated heterocycles. The van der Waals surface area contributed by atoms with Gasteiger partial charge in [-0.05, 0) is 12.8 Å². The van der Waals surface area contributed by atoms with E-state index in [0.717, 1.165) is 12.8 Å². The van der Waals surface area contributed by atoms with Crippen LogP contribution < -0.4 is 0 Å². The molecule has 42 valence electrons. The Balaban J connectivity index is 2.21. The Bertz CT molecular complexity index is 119. The third-order valence-corrected chi connectivity index (χ3v) is 1.19. The van der Waals surface area contributed by atoms with Gasteiger partial charge in [0, 0.05) is 6.10 Å². The van der Waals surface area contributed by atoms with Crippen LogP contribution in [0, 0.1) is 4.78 Å². The van der Waals surface area contributed by atoms with Crippen LogP contribution in [0.25, 0.3) is 0 Å². The summed E-state index contributed by atoms with van der Waals surface area (Å²) < 4.78 is 20.7. The Morgan fingerprint density at radius 2 is 2.29 bits per heavy atom. The van der Waals surface area contributed by atoms with E-state index in [4.69, 9.17) is 4.78 Å². The fraction of sp³-hybridized carbons (Fsp3) is 1.00. The molecule has 0 spiro atoms. The first-order chi connectivity index (χ1) is 3.29. The van der Waals surface area contributed by atoms with E-state index in [9.17, 15) is 4.21 Å². The summed E-state index contributed by atoms with van der Waals surface area (Å²) >= 11 is 0. The largest absolute Gasteiger partial charge is 0.436 e. The molecule has 0 unspecified atom stereocenters. The number of rotatable bonds is 2. The topological polar surface area (TPSA) is 50.2 Å². The summed E-state index contributed by atoms with van der Waals surface area (Å²) in [6, 6.07) is 0. The lowest BCUT2D eigenvalue weighted by atomic mass is 10.9. The minimum atomic E-state index is -1.78. The van der Waals surface area contributed by atoms with Crippen molar-refractivity contribution in [3.63, 3.8) is 0 Å². The zero-order chi connectivity index (χ0) is 5.28. The molecular formula is C3H6NO2S-. The van der Waals surface area contributed by atoms with Crippen molar-refractivity contribution in [3.8, 4) is 0 Å². The van der Waals surface area contributed by atoms with Crippen LogP contribution >= 0.6 is 0 Å². The maximum absolute atomic E-state index is 9.85. The molecule has 1 saturated carbocycles. The molecule has 4 heteroatoms. The maximum Gasteiger partial charge on any atom is 0.0378 e. The zero-order valence-electron chi connectivity index (χ0n) is 3.72. The third-order valence-electron chi connectivity index (χ3n) is 0.748. The van der Waals surface area contributed by atoms with Gasteiger partial charge in [0.2, 0.25) is 0 Å². The van der Waals surface area contributed by atoms with Crippen molar-refractivity contribution in [2.24, 2.45) is 0 Å². The third kappa shape index (κ3) is 1.89. The molecule has 0 heterocycles. The monoisotopic (exact) mass is 120 g/mol. The first-order valence-corrected chi connectivity index (χ1v) is 3.16. The summed E-state index contributed by atoms with van der Waals surface area (Å²) in [5, 5.41) is 0. The van der Waals surface area contributed by atoms with E-state index in [1.54, 1.807) is 0 Å². The van der Waals surface area contributed by atoms with Gasteiger partial charge < -0.3 is 13.2 Å². The minimum Gasteiger partial charge on any atom is -0.436 e. The number of hydrogen-bond acceptors (Lipinski definition) is 4. The fourth-order valence-electron chi connectivity index (χ4n) is 0.288. The van der Waals surface area contributed by atoms with Crippen molar-refractivity contribution < 1.29 is 8.39 Å². The second-order valence-electron chi connectivity index (χ2n) is 1.53. The van der Waals surface area contributed by atoms with Crippen LogP contribution in [0.1, 0.15) is 12.8 Å². The van der Waals surface area contributed by atoms with Crippen molar-refractivity contribution in [1.29, 1.82) is 4.78 Å². The van der Waals surface area contributed by atoms with E-state index in [1.165, 1.54) is 0 Å². The normalized spacial score (nSPS) is 20.7. The van der Waals surface area contributed by atoms with Crippen LogP contribution in [0.2, 0.25) is 0 Å². The van der Waals surface area contributed by atoms with Gasteiger partial charge in [-0.3, -0.25) is 0 Å². The lowest BCUT2D eigenvalue weighted by Crippen LogP contribution is -1.85. The number of nitrogens with one attached hydrogen (secondary N) is 1. The first kappa shape index (κ1) is 5.05. The van der Waals surface area contributed by atoms with E-state index in [-0.39, 0.29) is 6.10 Å². The second-order valence-corrected chi connectivity index (χ2v) is 2.19. The molecule has 0 aromatic carbocycles. The lowest BCUT2D eigenvalue weighted by molar-refractivity contribution is 0.332. The van der Waals surface area contributed by atoms with Crippen molar-refractivity contribution in [1.82, 2.24) is 0 Å². The van der Waals surface area contributed by atoms with E-state index in [1.807, 2.05) is 0 Å². The summed E-state index contributed by atoms with van der Waals surface area (Å²) in [5.74, 6) is 0. The van der Waals surface area contributed by atoms with Gasteiger partial charge in [-0.1, -0.05) is 10.9 Å². The van der Waals surface area contributed by atoms with Crippen molar-refractivity contribution >= 4 is 10.9 Å². The molecule has 0 bridgehead atoms. The highest BCUT2D eigenvalue weighted by molar-refractivity contribution is 7.68. The van der Waals surface area contributed by atoms with Crippen molar-refractivity contribution in [2.45, 2.75) is 18.9 Å². The fourth-order valence-corrected chi connectivity index (χ4v) is 0.728. The summed E-state index contributed by atoms with van der Waals surface area (Å²) in [5.41, 5.74) is 0. The minimum absolute atomic E-state index is 0.137. The predicted octanol–water partition coefficient (Wildman–Crippen LogP) is 0.807. The van der Waals surface area contributed by atoms with Gasteiger partial charge in [0.25, 0.3) is 0 Å². The quantitative estimate of drug-likeness (QED) is 0.548. The van der Waals surface area contributed by atoms with Crippen LogP contribution in [0.15, 0.2) is 0 Å². The van der Waals surface area contributed by atoms with E-state index in [2.05, 4.69) is 4.18 Å². The highest BCUT2D eigenvalue weighted by atomic mass is 32.2. The molecule has 0 atom stereocenters. The van der Waals surface area contributed by atoms with Crippen LogP contribution in [-0.2, 0) is 19.3 Å². The van der Waals surface area contributed by atoms with Crippen LogP contribution in [0.4, 0.5) is 0 Å². The van der Waals surface area contributed by atoms with Crippen LogP contribution in [0.3, 0.4) is 0 Å². The maximum atomic E-state index is 9.85. The van der Waals surface area contributed by atoms with Gasteiger partial charge in [0.15, 0.2) is 0 Å². The summed E-state index contributed by atoms with van der Waals surface area (Å²) in [4.78, 5) is 0. The highest BCUT2D eigenvalue weighted by Gasteiger charge is 2.18. The molecule has 0 aliphatic heterocycles. The Morgan fingerprint density at radius 1 is 1.71 bits per heavy atom. The second kappa shape index (κ2) is 1.79. The van der Waals surface area contributed by atoms with E-state index >= 15 is 0 Å². The zero-order valence-corrected chi connectivity index (χ0v) is 4.53. The molecule has 7 heavy (non-hydrogen) atoms. The van der Waals surface area contributed by atoms with Gasteiger partial charge in [-0.25, -0.2) is 0 Å². The van der Waals surface area contributed by atoms with Gasteiger partial charge in [0.1, 0.15) is 0 Å². The molecule has 0 radical (unpaired) electrons. The van der Waals surface area contributed by atoms with Gasteiger partial charge >= 0.3 is 0 Å². The standard InChI is InChI=1S/C3H6NO2S/c4-7(5)6-3-1-2-3/h3-4H,1-2H2/q-1. The molecule has 1 fully saturated rings. The Morgan fingerprint density at radius 3 is 2.43 bits per heavy atom. The Kier molecular flexibility index (Phi) is 1.30. The lowest BCUT2D eigenvalue weighted by Gasteiger charge is -1.97. The first-order valence-electron chi connectivity index (χ1n) is 2.09. The Hall–Kier alpha value is -0.0900. The predicted molar refractivity (Wildman–Crippen MR) is 24.9 cm³/mol. The molecular weight excluding hydrogens is 114 g/mol. The van der Waals surface area contributed by atoms with Gasteiger partial charge in [0.05, 0.1) is 0 Å². The van der Waals surface area contributed by atoms with Crippen LogP contribution in [0.5, 0.6) is 0 Å². The molecule has 3 nitrogen and oxygen atoms in total. The average Bonchev–Trinajstić information content (AvgIpc) is 2.17. The molecule has 0 aromatic rings. The smallest absolute Gasteiger partial charge is 0.0378 e.